The van der Waals surface area contributed by atoms with Gasteiger partial charge in [-0.05, 0) is 97.6 Å². The maximum Gasteiger partial charge on any atom is 0.472 e. The fourth-order valence-corrected chi connectivity index (χ4v) is 5.62. The summed E-state index contributed by atoms with van der Waals surface area (Å²) in [6, 6.07) is 0. The summed E-state index contributed by atoms with van der Waals surface area (Å²) in [6.07, 6.45) is 43.8. The van der Waals surface area contributed by atoms with Crippen molar-refractivity contribution in [3.05, 3.63) is 72.9 Å². The summed E-state index contributed by atoms with van der Waals surface area (Å²) in [5.74, 6) is -0.876. The topological polar surface area (TPSA) is 112 Å². The van der Waals surface area contributed by atoms with Crippen molar-refractivity contribution in [2.45, 2.75) is 148 Å². The second-order valence-corrected chi connectivity index (χ2v) is 14.9. The quantitative estimate of drug-likeness (QED) is 0.0288. The van der Waals surface area contributed by atoms with Crippen molar-refractivity contribution >= 4 is 19.8 Å². The summed E-state index contributed by atoms with van der Waals surface area (Å²) in [5, 5.41) is 0. The van der Waals surface area contributed by atoms with E-state index in [1.54, 1.807) is 4.90 Å². The number of phosphoric ester groups is 1. The van der Waals surface area contributed by atoms with Crippen LogP contribution in [0.5, 0.6) is 0 Å². The van der Waals surface area contributed by atoms with Crippen LogP contribution in [-0.4, -0.2) is 68.3 Å². The van der Waals surface area contributed by atoms with Gasteiger partial charge >= 0.3 is 19.8 Å². The van der Waals surface area contributed by atoms with Gasteiger partial charge in [-0.1, -0.05) is 119 Å². The molecule has 9 nitrogen and oxygen atoms in total. The average molecular weight is 764 g/mol. The van der Waals surface area contributed by atoms with Gasteiger partial charge in [-0.2, -0.15) is 0 Å². The van der Waals surface area contributed by atoms with Crippen molar-refractivity contribution in [1.82, 2.24) is 4.90 Å². The van der Waals surface area contributed by atoms with Crippen molar-refractivity contribution in [2.75, 3.05) is 40.5 Å². The Labute approximate surface area is 323 Å². The molecule has 0 aliphatic heterocycles. The first-order valence-electron chi connectivity index (χ1n) is 20.2. The maximum absolute atomic E-state index is 12.6. The molecule has 0 saturated carbocycles. The first-order chi connectivity index (χ1) is 25.7. The van der Waals surface area contributed by atoms with Gasteiger partial charge < -0.3 is 19.3 Å². The Morgan fingerprint density at radius 2 is 1.08 bits per heavy atom. The summed E-state index contributed by atoms with van der Waals surface area (Å²) < 4.78 is 33.3. The third-order valence-corrected chi connectivity index (χ3v) is 8.98. The number of phosphoric acid groups is 1. The molecule has 10 heteroatoms. The van der Waals surface area contributed by atoms with E-state index in [2.05, 4.69) is 86.8 Å². The molecule has 0 aromatic carbocycles. The second kappa shape index (κ2) is 37.8. The Morgan fingerprint density at radius 1 is 0.604 bits per heavy atom. The highest BCUT2D eigenvalue weighted by molar-refractivity contribution is 7.47. The minimum Gasteiger partial charge on any atom is -0.462 e. The predicted molar refractivity (Wildman–Crippen MR) is 220 cm³/mol. The van der Waals surface area contributed by atoms with E-state index >= 15 is 0 Å². The monoisotopic (exact) mass is 764 g/mol. The molecule has 53 heavy (non-hydrogen) atoms. The van der Waals surface area contributed by atoms with Crippen molar-refractivity contribution in [1.29, 1.82) is 0 Å². The molecule has 0 bridgehead atoms. The summed E-state index contributed by atoms with van der Waals surface area (Å²) >= 11 is 0. The van der Waals surface area contributed by atoms with Gasteiger partial charge in [0.25, 0.3) is 0 Å². The lowest BCUT2D eigenvalue weighted by molar-refractivity contribution is -0.161. The molecule has 0 aromatic rings. The van der Waals surface area contributed by atoms with Gasteiger partial charge in [0.05, 0.1) is 13.2 Å². The number of unbranched alkanes of at least 4 members (excludes halogenated alkanes) is 10. The van der Waals surface area contributed by atoms with Crippen LogP contribution in [0.1, 0.15) is 142 Å². The summed E-state index contributed by atoms with van der Waals surface area (Å²) in [6.45, 7) is 4.09. The van der Waals surface area contributed by atoms with Crippen LogP contribution in [0.15, 0.2) is 72.9 Å². The van der Waals surface area contributed by atoms with Crippen molar-refractivity contribution in [3.63, 3.8) is 0 Å². The predicted octanol–water partition coefficient (Wildman–Crippen LogP) is 11.3. The molecule has 0 rings (SSSR count). The Hall–Kier alpha value is -2.55. The second-order valence-electron chi connectivity index (χ2n) is 13.4. The number of esters is 2. The van der Waals surface area contributed by atoms with Gasteiger partial charge in [-0.15, -0.1) is 0 Å². The lowest BCUT2D eigenvalue weighted by Gasteiger charge is -2.20. The highest BCUT2D eigenvalue weighted by Gasteiger charge is 2.26. The normalized spacial score (nSPS) is 14.2. The smallest absolute Gasteiger partial charge is 0.462 e. The van der Waals surface area contributed by atoms with E-state index in [0.29, 0.717) is 19.4 Å². The Kier molecular flexibility index (Phi) is 35.9. The lowest BCUT2D eigenvalue weighted by atomic mass is 10.1. The zero-order valence-electron chi connectivity index (χ0n) is 33.7. The maximum atomic E-state index is 12.6. The minimum absolute atomic E-state index is 0.00673. The Morgan fingerprint density at radius 3 is 1.64 bits per heavy atom. The zero-order chi connectivity index (χ0) is 39.1. The highest BCUT2D eigenvalue weighted by Crippen LogP contribution is 2.43. The van der Waals surface area contributed by atoms with Gasteiger partial charge in [-0.25, -0.2) is 4.57 Å². The molecule has 0 spiro atoms. The minimum atomic E-state index is -4.38. The van der Waals surface area contributed by atoms with Crippen LogP contribution in [0.25, 0.3) is 0 Å². The van der Waals surface area contributed by atoms with Gasteiger partial charge in [0.1, 0.15) is 6.61 Å². The van der Waals surface area contributed by atoms with Crippen molar-refractivity contribution in [2.24, 2.45) is 0 Å². The zero-order valence-corrected chi connectivity index (χ0v) is 34.6. The van der Waals surface area contributed by atoms with Crippen LogP contribution in [0.2, 0.25) is 0 Å². The molecule has 1 N–H and O–H groups in total. The molecule has 0 aromatic heterocycles. The SMILES string of the molecule is CC/C=C\C/C=C\C/C=C\CCCCCCCC(=O)OCC(COP(=O)(O)OCCN(C)C)OC(=O)CCCC/C=C\C/C=C\C/C=C\CCCCC. The molecule has 0 saturated heterocycles. The van der Waals surface area contributed by atoms with Crippen LogP contribution in [0, 0.1) is 0 Å². The van der Waals surface area contributed by atoms with Crippen LogP contribution in [0.3, 0.4) is 0 Å². The number of carbonyl (C=O) groups is 2. The van der Waals surface area contributed by atoms with E-state index in [1.165, 1.54) is 19.3 Å². The van der Waals surface area contributed by atoms with Gasteiger partial charge in [0.2, 0.25) is 0 Å². The van der Waals surface area contributed by atoms with Crippen molar-refractivity contribution < 1.29 is 37.6 Å². The third-order valence-electron chi connectivity index (χ3n) is 8.00. The number of ether oxygens (including phenoxy) is 2. The van der Waals surface area contributed by atoms with Gasteiger partial charge in [-0.3, -0.25) is 18.6 Å². The number of likely N-dealkylation sites (N-methyl/N-ethyl adjacent to an activating group) is 1. The fraction of sp³-hybridized carbons (Fsp3) is 0.674. The molecule has 0 radical (unpaired) electrons. The molecule has 304 valence electrons. The molecule has 0 fully saturated rings. The third kappa shape index (κ3) is 39.0. The molecular formula is C43H74NO8P. The van der Waals surface area contributed by atoms with E-state index in [9.17, 15) is 19.0 Å². The van der Waals surface area contributed by atoms with E-state index < -0.39 is 32.5 Å². The van der Waals surface area contributed by atoms with Crippen LogP contribution in [-0.2, 0) is 32.7 Å². The molecule has 2 atom stereocenters. The van der Waals surface area contributed by atoms with Crippen molar-refractivity contribution in [3.8, 4) is 0 Å². The molecule has 2 unspecified atom stereocenters. The molecule has 0 amide bonds. The van der Waals surface area contributed by atoms with E-state index in [0.717, 1.165) is 83.5 Å². The summed E-state index contributed by atoms with van der Waals surface area (Å²) in [4.78, 5) is 36.9. The van der Waals surface area contributed by atoms with Crippen LogP contribution >= 0.6 is 7.82 Å². The standard InChI is InChI=1S/C43H74NO8P/c1-5-7-9-11-13-15-17-19-21-23-25-27-29-31-33-35-42(45)49-39-41(40-51-53(47,48)50-38-37-44(3)4)52-43(46)36-34-32-30-28-26-24-22-20-18-16-14-12-10-8-6-2/h7,9,13-16,19-22,26,28,41H,5-6,8,10-12,17-18,23-25,27,29-40H2,1-4H3,(H,47,48)/b9-7-,15-13-,16-14-,21-19-,22-20-,28-26-. The average Bonchev–Trinajstić information content (AvgIpc) is 3.12. The largest absolute Gasteiger partial charge is 0.472 e. The van der Waals surface area contributed by atoms with E-state index in [1.807, 2.05) is 14.1 Å². The van der Waals surface area contributed by atoms with Gasteiger partial charge in [0.15, 0.2) is 6.10 Å². The number of allylic oxidation sites excluding steroid dienone is 12. The molecule has 0 heterocycles. The molecule has 0 aliphatic carbocycles. The van der Waals surface area contributed by atoms with Crippen LogP contribution < -0.4 is 0 Å². The van der Waals surface area contributed by atoms with Gasteiger partial charge in [0, 0.05) is 19.4 Å². The summed E-state index contributed by atoms with van der Waals surface area (Å²) in [7, 11) is -0.749. The highest BCUT2D eigenvalue weighted by atomic mass is 31.2. The number of carbonyl (C=O) groups excluding carboxylic acids is 2. The molecule has 0 aliphatic rings. The number of hydrogen-bond donors (Lipinski definition) is 1. The van der Waals surface area contributed by atoms with E-state index in [4.69, 9.17) is 18.5 Å². The number of hydrogen-bond acceptors (Lipinski definition) is 8. The first kappa shape index (κ1) is 50.5. The molecular weight excluding hydrogens is 689 g/mol. The Bertz CT molecular complexity index is 1110. The number of nitrogens with zero attached hydrogens (tertiary/aromatic N) is 1. The fourth-order valence-electron chi connectivity index (χ4n) is 4.88. The van der Waals surface area contributed by atoms with E-state index in [-0.39, 0.29) is 26.1 Å². The van der Waals surface area contributed by atoms with Crippen LogP contribution in [0.4, 0.5) is 0 Å². The first-order valence-corrected chi connectivity index (χ1v) is 21.7. The Balaban J connectivity index is 4.45. The summed E-state index contributed by atoms with van der Waals surface area (Å²) in [5.41, 5.74) is 0. The lowest BCUT2D eigenvalue weighted by Crippen LogP contribution is -2.29. The number of rotatable bonds is 36.